The van der Waals surface area contributed by atoms with Crippen LogP contribution in [0.2, 0.25) is 0 Å². The molecule has 0 aliphatic rings. The van der Waals surface area contributed by atoms with Crippen LogP contribution < -0.4 is 10.1 Å². The molecule has 1 aromatic heterocycles. The minimum atomic E-state index is 0.475. The van der Waals surface area contributed by atoms with E-state index >= 15 is 0 Å². The summed E-state index contributed by atoms with van der Waals surface area (Å²) in [7, 11) is 1.78. The molecule has 2 rings (SSSR count). The zero-order valence-corrected chi connectivity index (χ0v) is 11.9. The van der Waals surface area contributed by atoms with E-state index < -0.39 is 0 Å². The minimum absolute atomic E-state index is 0.475. The molecular weight excluding hydrogens is 294 g/mol. The fraction of sp³-hybridized carbons (Fsp3) is 0.231. The largest absolute Gasteiger partial charge is 0.472 e. The van der Waals surface area contributed by atoms with E-state index in [1.807, 2.05) is 31.2 Å². The minimum Gasteiger partial charge on any atom is -0.472 e. The molecule has 1 aromatic carbocycles. The van der Waals surface area contributed by atoms with Crippen LogP contribution >= 0.6 is 15.9 Å². The van der Waals surface area contributed by atoms with Crippen molar-refractivity contribution in [1.82, 2.24) is 9.97 Å². The SMILES string of the molecule is CNc1ncc(C)c(OCc2ccccc2Br)n1. The van der Waals surface area contributed by atoms with Crippen molar-refractivity contribution in [2.24, 2.45) is 0 Å². The van der Waals surface area contributed by atoms with Crippen LogP contribution in [-0.2, 0) is 6.61 Å². The second-order valence-corrected chi connectivity index (χ2v) is 4.67. The van der Waals surface area contributed by atoms with Crippen molar-refractivity contribution in [1.29, 1.82) is 0 Å². The van der Waals surface area contributed by atoms with Crippen LogP contribution in [0.1, 0.15) is 11.1 Å². The summed E-state index contributed by atoms with van der Waals surface area (Å²) >= 11 is 3.49. The smallest absolute Gasteiger partial charge is 0.225 e. The first kappa shape index (κ1) is 12.8. The number of rotatable bonds is 4. The predicted octanol–water partition coefficient (Wildman–Crippen LogP) is 3.17. The van der Waals surface area contributed by atoms with E-state index in [2.05, 4.69) is 31.2 Å². The van der Waals surface area contributed by atoms with Gasteiger partial charge in [0.15, 0.2) is 0 Å². The highest BCUT2D eigenvalue weighted by molar-refractivity contribution is 9.10. The number of benzene rings is 1. The molecular formula is C13H14BrN3O. The zero-order chi connectivity index (χ0) is 13.0. The van der Waals surface area contributed by atoms with Crippen LogP contribution in [0.5, 0.6) is 5.88 Å². The van der Waals surface area contributed by atoms with Gasteiger partial charge in [0.2, 0.25) is 11.8 Å². The van der Waals surface area contributed by atoms with Crippen LogP contribution in [0.15, 0.2) is 34.9 Å². The number of nitrogens with zero attached hydrogens (tertiary/aromatic N) is 2. The number of hydrogen-bond acceptors (Lipinski definition) is 4. The van der Waals surface area contributed by atoms with Gasteiger partial charge in [-0.2, -0.15) is 4.98 Å². The average molecular weight is 308 g/mol. The van der Waals surface area contributed by atoms with Crippen molar-refractivity contribution in [3.05, 3.63) is 46.1 Å². The maximum atomic E-state index is 5.73. The van der Waals surface area contributed by atoms with Crippen LogP contribution in [-0.4, -0.2) is 17.0 Å². The monoisotopic (exact) mass is 307 g/mol. The Labute approximate surface area is 115 Å². The molecule has 1 heterocycles. The summed E-state index contributed by atoms with van der Waals surface area (Å²) in [6, 6.07) is 7.96. The van der Waals surface area contributed by atoms with Crippen molar-refractivity contribution in [3.8, 4) is 5.88 Å². The molecule has 2 aromatic rings. The predicted molar refractivity (Wildman–Crippen MR) is 74.8 cm³/mol. The molecule has 5 heteroatoms. The van der Waals surface area contributed by atoms with Crippen molar-refractivity contribution in [2.45, 2.75) is 13.5 Å². The van der Waals surface area contributed by atoms with Crippen molar-refractivity contribution < 1.29 is 4.74 Å². The lowest BCUT2D eigenvalue weighted by Gasteiger charge is -2.10. The molecule has 0 saturated heterocycles. The van der Waals surface area contributed by atoms with E-state index in [0.29, 0.717) is 18.4 Å². The Morgan fingerprint density at radius 1 is 1.33 bits per heavy atom. The molecule has 0 saturated carbocycles. The van der Waals surface area contributed by atoms with E-state index in [0.717, 1.165) is 15.6 Å². The van der Waals surface area contributed by atoms with Gasteiger partial charge in [-0.1, -0.05) is 34.1 Å². The van der Waals surface area contributed by atoms with E-state index in [1.165, 1.54) is 0 Å². The first-order valence-corrected chi connectivity index (χ1v) is 6.37. The molecule has 0 bridgehead atoms. The van der Waals surface area contributed by atoms with Crippen LogP contribution in [0.4, 0.5) is 5.95 Å². The summed E-state index contributed by atoms with van der Waals surface area (Å²) in [5.74, 6) is 1.16. The highest BCUT2D eigenvalue weighted by Gasteiger charge is 2.05. The van der Waals surface area contributed by atoms with Gasteiger partial charge in [0.1, 0.15) is 6.61 Å². The van der Waals surface area contributed by atoms with E-state index in [9.17, 15) is 0 Å². The van der Waals surface area contributed by atoms with Gasteiger partial charge in [-0.05, 0) is 13.0 Å². The Morgan fingerprint density at radius 3 is 2.83 bits per heavy atom. The lowest BCUT2D eigenvalue weighted by molar-refractivity contribution is 0.291. The molecule has 94 valence electrons. The first-order chi connectivity index (χ1) is 8.70. The Hall–Kier alpha value is -1.62. The number of aromatic nitrogens is 2. The van der Waals surface area contributed by atoms with Gasteiger partial charge < -0.3 is 10.1 Å². The van der Waals surface area contributed by atoms with Gasteiger partial charge in [0, 0.05) is 28.8 Å². The van der Waals surface area contributed by atoms with Crippen LogP contribution in [0.3, 0.4) is 0 Å². The van der Waals surface area contributed by atoms with Gasteiger partial charge in [0.25, 0.3) is 0 Å². The van der Waals surface area contributed by atoms with Gasteiger partial charge in [-0.25, -0.2) is 4.98 Å². The molecule has 0 fully saturated rings. The Balaban J connectivity index is 2.13. The number of aryl methyl sites for hydroxylation is 1. The fourth-order valence-electron chi connectivity index (χ4n) is 1.45. The Bertz CT molecular complexity index is 546. The normalized spacial score (nSPS) is 10.2. The molecule has 0 aliphatic heterocycles. The molecule has 4 nitrogen and oxygen atoms in total. The van der Waals surface area contributed by atoms with Gasteiger partial charge in [-0.3, -0.25) is 0 Å². The molecule has 18 heavy (non-hydrogen) atoms. The number of ether oxygens (including phenoxy) is 1. The number of hydrogen-bond donors (Lipinski definition) is 1. The third-order valence-corrected chi connectivity index (χ3v) is 3.24. The molecule has 0 spiro atoms. The second kappa shape index (κ2) is 5.82. The third-order valence-electron chi connectivity index (χ3n) is 2.47. The maximum Gasteiger partial charge on any atom is 0.225 e. The molecule has 1 N–H and O–H groups in total. The number of halogens is 1. The van der Waals surface area contributed by atoms with E-state index in [1.54, 1.807) is 13.2 Å². The summed E-state index contributed by atoms with van der Waals surface area (Å²) in [5.41, 5.74) is 2.00. The standard InChI is InChI=1S/C13H14BrN3O/c1-9-7-16-13(15-2)17-12(9)18-8-10-5-3-4-6-11(10)14/h3-7H,8H2,1-2H3,(H,15,16,17). The quantitative estimate of drug-likeness (QED) is 0.942. The highest BCUT2D eigenvalue weighted by atomic mass is 79.9. The molecule has 0 aliphatic carbocycles. The van der Waals surface area contributed by atoms with Gasteiger partial charge in [0.05, 0.1) is 0 Å². The number of anilines is 1. The highest BCUT2D eigenvalue weighted by Crippen LogP contribution is 2.20. The van der Waals surface area contributed by atoms with E-state index in [-0.39, 0.29) is 0 Å². The molecule has 0 atom stereocenters. The van der Waals surface area contributed by atoms with Gasteiger partial charge >= 0.3 is 0 Å². The van der Waals surface area contributed by atoms with Crippen LogP contribution in [0, 0.1) is 6.92 Å². The number of nitrogens with one attached hydrogen (secondary N) is 1. The topological polar surface area (TPSA) is 47.0 Å². The fourth-order valence-corrected chi connectivity index (χ4v) is 1.85. The van der Waals surface area contributed by atoms with Crippen LogP contribution in [0.25, 0.3) is 0 Å². The third kappa shape index (κ3) is 2.98. The summed E-state index contributed by atoms with van der Waals surface area (Å²) in [6.45, 7) is 2.40. The van der Waals surface area contributed by atoms with Crippen molar-refractivity contribution in [3.63, 3.8) is 0 Å². The van der Waals surface area contributed by atoms with Crippen molar-refractivity contribution >= 4 is 21.9 Å². The Kier molecular flexibility index (Phi) is 4.15. The zero-order valence-electron chi connectivity index (χ0n) is 10.3. The lowest BCUT2D eigenvalue weighted by Crippen LogP contribution is -2.03. The molecule has 0 unspecified atom stereocenters. The summed E-state index contributed by atoms with van der Waals surface area (Å²) in [5, 5.41) is 2.89. The Morgan fingerprint density at radius 2 is 2.11 bits per heavy atom. The molecule has 0 amide bonds. The molecule has 0 radical (unpaired) electrons. The summed E-state index contributed by atoms with van der Waals surface area (Å²) < 4.78 is 6.76. The van der Waals surface area contributed by atoms with E-state index in [4.69, 9.17) is 4.74 Å². The average Bonchev–Trinajstić information content (AvgIpc) is 2.39. The lowest BCUT2D eigenvalue weighted by atomic mass is 10.2. The second-order valence-electron chi connectivity index (χ2n) is 3.81. The maximum absolute atomic E-state index is 5.73. The first-order valence-electron chi connectivity index (χ1n) is 5.58. The summed E-state index contributed by atoms with van der Waals surface area (Å²) in [4.78, 5) is 8.39. The summed E-state index contributed by atoms with van der Waals surface area (Å²) in [6.07, 6.45) is 1.74. The van der Waals surface area contributed by atoms with Crippen molar-refractivity contribution in [2.75, 3.05) is 12.4 Å². The van der Waals surface area contributed by atoms with Gasteiger partial charge in [-0.15, -0.1) is 0 Å².